The average Bonchev–Trinajstić information content (AvgIpc) is 2.60. The minimum absolute atomic E-state index is 0.103. The highest BCUT2D eigenvalue weighted by Crippen LogP contribution is 2.28. The molecule has 12 heavy (non-hydrogen) atoms. The molecule has 5 heteroatoms. The van der Waals surface area contributed by atoms with E-state index in [9.17, 15) is 4.79 Å². The normalized spacial score (nSPS) is 39.6. The second-order valence-corrected chi connectivity index (χ2v) is 2.74. The zero-order valence-corrected chi connectivity index (χ0v) is 6.69. The Balaban J connectivity index is 1.94. The maximum Gasteiger partial charge on any atom is 0.335 e. The standard InChI is InChI=1S/C7H10O5/c1-9-6(8)4-2-5-7(12-4)11-3-10-5/h4-5,7H,2-3H2,1H3/t4-,5+,7-/m0/s1. The van der Waals surface area contributed by atoms with E-state index in [4.69, 9.17) is 14.2 Å². The number of esters is 1. The number of hydrogen-bond donors (Lipinski definition) is 0. The molecule has 0 aliphatic carbocycles. The fraction of sp³-hybridized carbons (Fsp3) is 0.857. The molecule has 3 atom stereocenters. The molecule has 5 nitrogen and oxygen atoms in total. The molecule has 0 aromatic carbocycles. The number of carbonyl (C=O) groups excluding carboxylic acids is 1. The van der Waals surface area contributed by atoms with Crippen LogP contribution in [0, 0.1) is 0 Å². The second kappa shape index (κ2) is 3.01. The number of methoxy groups -OCH3 is 1. The van der Waals surface area contributed by atoms with E-state index in [1.165, 1.54) is 7.11 Å². The van der Waals surface area contributed by atoms with Crippen LogP contribution in [0.1, 0.15) is 6.42 Å². The molecule has 2 saturated heterocycles. The van der Waals surface area contributed by atoms with Gasteiger partial charge in [0.05, 0.1) is 7.11 Å². The first kappa shape index (κ1) is 7.97. The largest absolute Gasteiger partial charge is 0.467 e. The molecule has 0 radical (unpaired) electrons. The summed E-state index contributed by atoms with van der Waals surface area (Å²) in [4.78, 5) is 11.0. The van der Waals surface area contributed by atoms with Gasteiger partial charge in [0.15, 0.2) is 19.2 Å². The van der Waals surface area contributed by atoms with Crippen molar-refractivity contribution in [2.45, 2.75) is 24.9 Å². The summed E-state index contributed by atoms with van der Waals surface area (Å²) in [6.07, 6.45) is -0.481. The predicted octanol–water partition coefficient (Wildman–Crippen LogP) is -0.353. The van der Waals surface area contributed by atoms with Crippen molar-refractivity contribution in [3.63, 3.8) is 0 Å². The number of ether oxygens (including phenoxy) is 4. The maximum atomic E-state index is 11.0. The molecule has 68 valence electrons. The van der Waals surface area contributed by atoms with Crippen LogP contribution in [0.5, 0.6) is 0 Å². The lowest BCUT2D eigenvalue weighted by Crippen LogP contribution is -2.23. The van der Waals surface area contributed by atoms with Crippen LogP contribution >= 0.6 is 0 Å². The van der Waals surface area contributed by atoms with Crippen LogP contribution in [-0.4, -0.2) is 38.4 Å². The third-order valence-electron chi connectivity index (χ3n) is 2.03. The minimum atomic E-state index is -0.523. The van der Waals surface area contributed by atoms with Crippen molar-refractivity contribution < 1.29 is 23.7 Å². The molecule has 0 aromatic heterocycles. The Morgan fingerprint density at radius 1 is 1.50 bits per heavy atom. The van der Waals surface area contributed by atoms with E-state index in [-0.39, 0.29) is 25.2 Å². The molecule has 2 aliphatic heterocycles. The van der Waals surface area contributed by atoms with Crippen molar-refractivity contribution in [3.8, 4) is 0 Å². The molecule has 0 bridgehead atoms. The highest BCUT2D eigenvalue weighted by molar-refractivity contribution is 5.74. The Labute approximate surface area is 69.5 Å². The number of fused-ring (bicyclic) bond motifs is 1. The first-order valence-electron chi connectivity index (χ1n) is 3.78. The Kier molecular flexibility index (Phi) is 2.00. The Morgan fingerprint density at radius 2 is 2.33 bits per heavy atom. The molecule has 0 saturated carbocycles. The maximum absolute atomic E-state index is 11.0. The predicted molar refractivity (Wildman–Crippen MR) is 36.1 cm³/mol. The summed E-state index contributed by atoms with van der Waals surface area (Å²) < 4.78 is 19.9. The van der Waals surface area contributed by atoms with Crippen LogP contribution in [-0.2, 0) is 23.7 Å². The Bertz CT molecular complexity index is 180. The van der Waals surface area contributed by atoms with E-state index in [0.717, 1.165) is 0 Å². The van der Waals surface area contributed by atoms with Gasteiger partial charge in [0, 0.05) is 6.42 Å². The summed E-state index contributed by atoms with van der Waals surface area (Å²) >= 11 is 0. The van der Waals surface area contributed by atoms with Gasteiger partial charge in [0.2, 0.25) is 0 Å². The topological polar surface area (TPSA) is 54.0 Å². The first-order valence-corrected chi connectivity index (χ1v) is 3.78. The quantitative estimate of drug-likeness (QED) is 0.508. The van der Waals surface area contributed by atoms with Gasteiger partial charge in [-0.05, 0) is 0 Å². The van der Waals surface area contributed by atoms with Crippen LogP contribution in [0.3, 0.4) is 0 Å². The molecule has 2 rings (SSSR count). The minimum Gasteiger partial charge on any atom is -0.467 e. The van der Waals surface area contributed by atoms with Gasteiger partial charge in [-0.1, -0.05) is 0 Å². The van der Waals surface area contributed by atoms with Crippen molar-refractivity contribution in [3.05, 3.63) is 0 Å². The van der Waals surface area contributed by atoms with Crippen LogP contribution in [0.2, 0.25) is 0 Å². The number of carbonyl (C=O) groups is 1. The lowest BCUT2D eigenvalue weighted by molar-refractivity contribution is -0.167. The molecular weight excluding hydrogens is 164 g/mol. The van der Waals surface area contributed by atoms with Crippen LogP contribution in [0.15, 0.2) is 0 Å². The van der Waals surface area contributed by atoms with E-state index >= 15 is 0 Å². The van der Waals surface area contributed by atoms with Gasteiger partial charge >= 0.3 is 5.97 Å². The van der Waals surface area contributed by atoms with Crippen molar-refractivity contribution >= 4 is 5.97 Å². The van der Waals surface area contributed by atoms with E-state index in [1.54, 1.807) is 0 Å². The number of rotatable bonds is 1. The molecule has 2 fully saturated rings. The molecule has 2 aliphatic rings. The van der Waals surface area contributed by atoms with Crippen molar-refractivity contribution in [1.82, 2.24) is 0 Å². The molecule has 0 spiro atoms. The molecular formula is C7H10O5. The van der Waals surface area contributed by atoms with Gasteiger partial charge in [-0.15, -0.1) is 0 Å². The van der Waals surface area contributed by atoms with Gasteiger partial charge < -0.3 is 18.9 Å². The van der Waals surface area contributed by atoms with Gasteiger partial charge in [0.25, 0.3) is 0 Å². The first-order chi connectivity index (χ1) is 5.81. The fourth-order valence-electron chi connectivity index (χ4n) is 1.40. The monoisotopic (exact) mass is 174 g/mol. The van der Waals surface area contributed by atoms with Crippen LogP contribution in [0.4, 0.5) is 0 Å². The molecule has 0 aromatic rings. The fourth-order valence-corrected chi connectivity index (χ4v) is 1.40. The van der Waals surface area contributed by atoms with Crippen molar-refractivity contribution in [1.29, 1.82) is 0 Å². The zero-order valence-electron chi connectivity index (χ0n) is 6.69. The zero-order chi connectivity index (χ0) is 8.55. The highest BCUT2D eigenvalue weighted by atomic mass is 16.8. The number of hydrogen-bond acceptors (Lipinski definition) is 5. The van der Waals surface area contributed by atoms with E-state index in [2.05, 4.69) is 4.74 Å². The summed E-state index contributed by atoms with van der Waals surface area (Å²) in [7, 11) is 1.33. The molecule has 0 N–H and O–H groups in total. The van der Waals surface area contributed by atoms with Crippen molar-refractivity contribution in [2.75, 3.05) is 13.9 Å². The summed E-state index contributed by atoms with van der Waals surface area (Å²) in [5.74, 6) is -0.364. The van der Waals surface area contributed by atoms with Gasteiger partial charge in [-0.2, -0.15) is 0 Å². The lowest BCUT2D eigenvalue weighted by atomic mass is 10.2. The second-order valence-electron chi connectivity index (χ2n) is 2.74. The molecule has 2 heterocycles. The lowest BCUT2D eigenvalue weighted by Gasteiger charge is -2.08. The third kappa shape index (κ3) is 1.20. The van der Waals surface area contributed by atoms with E-state index < -0.39 is 6.10 Å². The summed E-state index contributed by atoms with van der Waals surface area (Å²) in [6, 6.07) is 0. The van der Waals surface area contributed by atoms with Crippen molar-refractivity contribution in [2.24, 2.45) is 0 Å². The van der Waals surface area contributed by atoms with E-state index in [0.29, 0.717) is 6.42 Å². The summed E-state index contributed by atoms with van der Waals surface area (Å²) in [6.45, 7) is 0.253. The highest BCUT2D eigenvalue weighted by Gasteiger charge is 2.44. The third-order valence-corrected chi connectivity index (χ3v) is 2.03. The Hall–Kier alpha value is -0.650. The smallest absolute Gasteiger partial charge is 0.335 e. The molecule has 0 amide bonds. The van der Waals surface area contributed by atoms with Gasteiger partial charge in [-0.3, -0.25) is 0 Å². The summed E-state index contributed by atoms with van der Waals surface area (Å²) in [5, 5.41) is 0. The van der Waals surface area contributed by atoms with Crippen LogP contribution in [0.25, 0.3) is 0 Å². The Morgan fingerprint density at radius 3 is 3.00 bits per heavy atom. The SMILES string of the molecule is COC(=O)[C@@H]1C[C@H]2OCO[C@H]2O1. The van der Waals surface area contributed by atoms with E-state index in [1.807, 2.05) is 0 Å². The van der Waals surface area contributed by atoms with Crippen LogP contribution < -0.4 is 0 Å². The van der Waals surface area contributed by atoms with Gasteiger partial charge in [0.1, 0.15) is 6.10 Å². The van der Waals surface area contributed by atoms with Gasteiger partial charge in [-0.25, -0.2) is 4.79 Å². The summed E-state index contributed by atoms with van der Waals surface area (Å²) in [5.41, 5.74) is 0. The molecule has 0 unspecified atom stereocenters. The average molecular weight is 174 g/mol.